The predicted octanol–water partition coefficient (Wildman–Crippen LogP) is 1.13. The van der Waals surface area contributed by atoms with Gasteiger partial charge in [0, 0.05) is 12.3 Å². The van der Waals surface area contributed by atoms with Crippen molar-refractivity contribution < 1.29 is 27.8 Å². The number of halogens is 3. The molecule has 1 aromatic rings. The van der Waals surface area contributed by atoms with Gasteiger partial charge in [0.25, 0.3) is 0 Å². The molecule has 88 valence electrons. The van der Waals surface area contributed by atoms with Crippen LogP contribution in [0, 0.1) is 0 Å². The van der Waals surface area contributed by atoms with Gasteiger partial charge in [-0.05, 0) is 6.07 Å². The minimum Gasteiger partial charge on any atom is -0.410 e. The number of aliphatic hydroxyl groups is 1. The van der Waals surface area contributed by atoms with Crippen molar-refractivity contribution in [3.05, 3.63) is 24.0 Å². The number of carbonyl (C=O) groups excluding carboxylic acids is 1. The molecule has 1 unspecified atom stereocenters. The van der Waals surface area contributed by atoms with Gasteiger partial charge in [0.05, 0.1) is 5.69 Å². The Morgan fingerprint density at radius 3 is 2.69 bits per heavy atom. The Morgan fingerprint density at radius 1 is 1.56 bits per heavy atom. The van der Waals surface area contributed by atoms with Gasteiger partial charge >= 0.3 is 12.3 Å². The SMILES string of the molecule is NC(=O)Oc1ccnc(C(O)C(F)(F)F)c1. The molecule has 0 spiro atoms. The fraction of sp³-hybridized carbons (Fsp3) is 0.250. The molecule has 0 saturated heterocycles. The molecule has 1 amide bonds. The quantitative estimate of drug-likeness (QED) is 0.806. The van der Waals surface area contributed by atoms with Gasteiger partial charge in [-0.15, -0.1) is 0 Å². The van der Waals surface area contributed by atoms with Crippen molar-refractivity contribution in [2.45, 2.75) is 12.3 Å². The molecule has 1 aromatic heterocycles. The summed E-state index contributed by atoms with van der Waals surface area (Å²) in [6.07, 6.45) is -7.77. The third-order valence-electron chi connectivity index (χ3n) is 1.56. The van der Waals surface area contributed by atoms with E-state index in [4.69, 9.17) is 5.11 Å². The Kier molecular flexibility index (Phi) is 3.33. The van der Waals surface area contributed by atoms with E-state index in [1.807, 2.05) is 0 Å². The first-order valence-corrected chi connectivity index (χ1v) is 3.98. The fourth-order valence-corrected chi connectivity index (χ4v) is 0.925. The van der Waals surface area contributed by atoms with Crippen LogP contribution in [0.15, 0.2) is 18.3 Å². The van der Waals surface area contributed by atoms with E-state index in [-0.39, 0.29) is 5.75 Å². The van der Waals surface area contributed by atoms with Crippen molar-refractivity contribution in [3.8, 4) is 5.75 Å². The lowest BCUT2D eigenvalue weighted by atomic mass is 10.2. The highest BCUT2D eigenvalue weighted by molar-refractivity contribution is 5.67. The zero-order chi connectivity index (χ0) is 12.3. The molecule has 1 heterocycles. The minimum absolute atomic E-state index is 0.221. The Hall–Kier alpha value is -1.83. The van der Waals surface area contributed by atoms with Gasteiger partial charge in [0.2, 0.25) is 0 Å². The lowest BCUT2D eigenvalue weighted by Gasteiger charge is -2.14. The average Bonchev–Trinajstić information content (AvgIpc) is 2.14. The number of nitrogens with two attached hydrogens (primary N) is 1. The van der Waals surface area contributed by atoms with Crippen LogP contribution in [0.4, 0.5) is 18.0 Å². The molecule has 0 aromatic carbocycles. The van der Waals surface area contributed by atoms with Crippen LogP contribution in [-0.4, -0.2) is 22.4 Å². The maximum atomic E-state index is 12.1. The molecule has 0 saturated carbocycles. The molecule has 0 radical (unpaired) electrons. The molecule has 1 rings (SSSR count). The monoisotopic (exact) mass is 236 g/mol. The first-order chi connectivity index (χ1) is 7.30. The summed E-state index contributed by atoms with van der Waals surface area (Å²) >= 11 is 0. The van der Waals surface area contributed by atoms with E-state index in [2.05, 4.69) is 15.5 Å². The third kappa shape index (κ3) is 3.09. The van der Waals surface area contributed by atoms with E-state index in [1.165, 1.54) is 0 Å². The van der Waals surface area contributed by atoms with Crippen LogP contribution in [-0.2, 0) is 0 Å². The third-order valence-corrected chi connectivity index (χ3v) is 1.56. The Labute approximate surface area is 87.7 Å². The van der Waals surface area contributed by atoms with Crippen LogP contribution in [0.2, 0.25) is 0 Å². The Bertz CT molecular complexity index is 394. The second-order valence-electron chi connectivity index (χ2n) is 2.78. The molecule has 3 N–H and O–H groups in total. The number of pyridine rings is 1. The molecule has 8 heteroatoms. The first kappa shape index (κ1) is 12.2. The normalized spacial score (nSPS) is 13.2. The van der Waals surface area contributed by atoms with E-state index in [0.29, 0.717) is 0 Å². The van der Waals surface area contributed by atoms with Crippen LogP contribution < -0.4 is 10.5 Å². The summed E-state index contributed by atoms with van der Waals surface area (Å²) in [5.41, 5.74) is 4.00. The maximum Gasteiger partial charge on any atom is 0.420 e. The Morgan fingerprint density at radius 2 is 2.19 bits per heavy atom. The second-order valence-corrected chi connectivity index (χ2v) is 2.78. The van der Waals surface area contributed by atoms with Gasteiger partial charge < -0.3 is 15.6 Å². The van der Waals surface area contributed by atoms with Crippen molar-refractivity contribution in [1.29, 1.82) is 0 Å². The zero-order valence-corrected chi connectivity index (χ0v) is 7.73. The number of primary amides is 1. The lowest BCUT2D eigenvalue weighted by molar-refractivity contribution is -0.207. The van der Waals surface area contributed by atoms with E-state index >= 15 is 0 Å². The number of nitrogens with zero attached hydrogens (tertiary/aromatic N) is 1. The van der Waals surface area contributed by atoms with Crippen LogP contribution in [0.3, 0.4) is 0 Å². The van der Waals surface area contributed by atoms with Gasteiger partial charge in [-0.2, -0.15) is 13.2 Å². The number of aromatic nitrogens is 1. The summed E-state index contributed by atoms with van der Waals surface area (Å²) in [5, 5.41) is 8.86. The summed E-state index contributed by atoms with van der Waals surface area (Å²) < 4.78 is 40.7. The van der Waals surface area contributed by atoms with Crippen LogP contribution in [0.1, 0.15) is 11.8 Å². The summed E-state index contributed by atoms with van der Waals surface area (Å²) in [6, 6.07) is 1.92. The molecule has 16 heavy (non-hydrogen) atoms. The van der Waals surface area contributed by atoms with Crippen LogP contribution in [0.5, 0.6) is 5.75 Å². The molecule has 1 atom stereocenters. The highest BCUT2D eigenvalue weighted by Gasteiger charge is 2.40. The molecule has 0 aliphatic heterocycles. The number of carbonyl (C=O) groups is 1. The van der Waals surface area contributed by atoms with Crippen LogP contribution in [0.25, 0.3) is 0 Å². The number of alkyl halides is 3. The predicted molar refractivity (Wildman–Crippen MR) is 45.5 cm³/mol. The highest BCUT2D eigenvalue weighted by atomic mass is 19.4. The van der Waals surface area contributed by atoms with Gasteiger partial charge in [-0.25, -0.2) is 4.79 Å². The topological polar surface area (TPSA) is 85.4 Å². The van der Waals surface area contributed by atoms with E-state index in [0.717, 1.165) is 18.3 Å². The molecular formula is C8H7F3N2O3. The van der Waals surface area contributed by atoms with Crippen molar-refractivity contribution in [3.63, 3.8) is 0 Å². The van der Waals surface area contributed by atoms with Gasteiger partial charge in [0.15, 0.2) is 6.10 Å². The highest BCUT2D eigenvalue weighted by Crippen LogP contribution is 2.32. The number of amides is 1. The molecule has 0 aliphatic carbocycles. The lowest BCUT2D eigenvalue weighted by Crippen LogP contribution is -2.21. The molecule has 0 fully saturated rings. The smallest absolute Gasteiger partial charge is 0.410 e. The number of aliphatic hydroxyl groups excluding tert-OH is 1. The van der Waals surface area contributed by atoms with Crippen LogP contribution >= 0.6 is 0 Å². The minimum atomic E-state index is -4.83. The van der Waals surface area contributed by atoms with Crippen molar-refractivity contribution >= 4 is 6.09 Å². The summed E-state index contributed by atoms with van der Waals surface area (Å²) in [7, 11) is 0. The molecule has 5 nitrogen and oxygen atoms in total. The first-order valence-electron chi connectivity index (χ1n) is 3.98. The summed E-state index contributed by atoms with van der Waals surface area (Å²) in [6.45, 7) is 0. The number of hydrogen-bond acceptors (Lipinski definition) is 4. The van der Waals surface area contributed by atoms with Crippen molar-refractivity contribution in [1.82, 2.24) is 4.98 Å². The maximum absolute atomic E-state index is 12.1. The number of ether oxygens (including phenoxy) is 1. The van der Waals surface area contributed by atoms with E-state index in [1.54, 1.807) is 0 Å². The van der Waals surface area contributed by atoms with E-state index < -0.39 is 24.1 Å². The Balaban J connectivity index is 2.94. The summed E-state index contributed by atoms with van der Waals surface area (Å²) in [5.74, 6) is -0.221. The van der Waals surface area contributed by atoms with Crippen molar-refractivity contribution in [2.75, 3.05) is 0 Å². The molecular weight excluding hydrogens is 229 g/mol. The zero-order valence-electron chi connectivity index (χ0n) is 7.73. The average molecular weight is 236 g/mol. The van der Waals surface area contributed by atoms with Gasteiger partial charge in [-0.1, -0.05) is 0 Å². The standard InChI is InChI=1S/C8H7F3N2O3/c9-8(10,11)6(14)5-3-4(1-2-13-5)16-7(12)15/h1-3,6,14H,(H2,12,15). The van der Waals surface area contributed by atoms with Crippen molar-refractivity contribution in [2.24, 2.45) is 5.73 Å². The number of hydrogen-bond donors (Lipinski definition) is 2. The second kappa shape index (κ2) is 4.35. The molecule has 0 bridgehead atoms. The van der Waals surface area contributed by atoms with Gasteiger partial charge in [-0.3, -0.25) is 4.98 Å². The fourth-order valence-electron chi connectivity index (χ4n) is 0.925. The molecule has 0 aliphatic rings. The summed E-state index contributed by atoms with van der Waals surface area (Å²) in [4.78, 5) is 13.7. The van der Waals surface area contributed by atoms with Gasteiger partial charge in [0.1, 0.15) is 5.75 Å². The largest absolute Gasteiger partial charge is 0.420 e. The number of rotatable bonds is 2. The van der Waals surface area contributed by atoms with E-state index in [9.17, 15) is 18.0 Å².